The molecular weight excluding hydrogens is 280 g/mol. The first-order chi connectivity index (χ1) is 10.5. The molecule has 22 heavy (non-hydrogen) atoms. The van der Waals surface area contributed by atoms with Crippen LogP contribution in [0.15, 0.2) is 54.6 Å². The van der Waals surface area contributed by atoms with Crippen molar-refractivity contribution in [3.63, 3.8) is 0 Å². The molecular formula is C17H16N2O3. The van der Waals surface area contributed by atoms with Crippen LogP contribution in [0, 0.1) is 0 Å². The quantitative estimate of drug-likeness (QED) is 0.833. The Hall–Kier alpha value is -2.95. The molecule has 5 heteroatoms. The Bertz CT molecular complexity index is 696. The summed E-state index contributed by atoms with van der Waals surface area (Å²) < 4.78 is 0. The number of carbonyl (C=O) groups is 3. The Morgan fingerprint density at radius 1 is 0.864 bits per heavy atom. The van der Waals surface area contributed by atoms with Crippen molar-refractivity contribution < 1.29 is 14.4 Å². The van der Waals surface area contributed by atoms with E-state index in [0.29, 0.717) is 16.9 Å². The van der Waals surface area contributed by atoms with E-state index in [2.05, 4.69) is 10.6 Å². The first-order valence-corrected chi connectivity index (χ1v) is 6.80. The molecule has 0 aliphatic heterocycles. The van der Waals surface area contributed by atoms with Gasteiger partial charge in [-0.15, -0.1) is 0 Å². The van der Waals surface area contributed by atoms with Gasteiger partial charge in [0.2, 0.25) is 5.91 Å². The van der Waals surface area contributed by atoms with E-state index in [1.807, 2.05) is 18.2 Å². The van der Waals surface area contributed by atoms with E-state index in [9.17, 15) is 14.4 Å². The summed E-state index contributed by atoms with van der Waals surface area (Å²) in [6.07, 6.45) is -0.180. The molecule has 0 aliphatic carbocycles. The molecule has 0 radical (unpaired) electrons. The van der Waals surface area contributed by atoms with Crippen LogP contribution in [0.5, 0.6) is 0 Å². The maximum absolute atomic E-state index is 12.2. The molecule has 0 aliphatic rings. The summed E-state index contributed by atoms with van der Waals surface area (Å²) in [5, 5.41) is 5.36. The van der Waals surface area contributed by atoms with Gasteiger partial charge in [-0.25, -0.2) is 0 Å². The number of amides is 2. The molecule has 0 aromatic heterocycles. The highest BCUT2D eigenvalue weighted by Crippen LogP contribution is 2.13. The standard InChI is InChI=1S/C17H16N2O3/c1-12(20)10-16(21)18-15-9-5-6-13(11-15)17(22)19-14-7-3-2-4-8-14/h2-9,11H,10H2,1H3,(H,18,21)(H,19,22). The van der Waals surface area contributed by atoms with Crippen molar-refractivity contribution in [2.24, 2.45) is 0 Å². The fourth-order valence-electron chi connectivity index (χ4n) is 1.89. The molecule has 0 saturated heterocycles. The van der Waals surface area contributed by atoms with E-state index >= 15 is 0 Å². The van der Waals surface area contributed by atoms with E-state index in [0.717, 1.165) is 0 Å². The molecule has 0 unspecified atom stereocenters. The van der Waals surface area contributed by atoms with Crippen LogP contribution in [0.2, 0.25) is 0 Å². The average molecular weight is 296 g/mol. The third-order valence-corrected chi connectivity index (χ3v) is 2.85. The van der Waals surface area contributed by atoms with E-state index in [-0.39, 0.29) is 18.1 Å². The van der Waals surface area contributed by atoms with Crippen molar-refractivity contribution in [3.05, 3.63) is 60.2 Å². The zero-order valence-electron chi connectivity index (χ0n) is 12.1. The van der Waals surface area contributed by atoms with Gasteiger partial charge in [0.15, 0.2) is 0 Å². The van der Waals surface area contributed by atoms with E-state index in [1.54, 1.807) is 36.4 Å². The van der Waals surface area contributed by atoms with Gasteiger partial charge < -0.3 is 10.6 Å². The smallest absolute Gasteiger partial charge is 0.255 e. The minimum absolute atomic E-state index is 0.180. The third-order valence-electron chi connectivity index (χ3n) is 2.85. The minimum Gasteiger partial charge on any atom is -0.326 e. The molecule has 2 rings (SSSR count). The number of carbonyl (C=O) groups excluding carboxylic acids is 3. The van der Waals surface area contributed by atoms with Gasteiger partial charge in [0.25, 0.3) is 5.91 Å². The van der Waals surface area contributed by atoms with E-state index in [1.165, 1.54) is 6.92 Å². The lowest BCUT2D eigenvalue weighted by Crippen LogP contribution is -2.16. The lowest BCUT2D eigenvalue weighted by atomic mass is 10.1. The highest BCUT2D eigenvalue weighted by atomic mass is 16.2. The first-order valence-electron chi connectivity index (χ1n) is 6.80. The zero-order valence-corrected chi connectivity index (χ0v) is 12.1. The highest BCUT2D eigenvalue weighted by molar-refractivity contribution is 6.06. The van der Waals surface area contributed by atoms with Crippen molar-refractivity contribution in [3.8, 4) is 0 Å². The summed E-state index contributed by atoms with van der Waals surface area (Å²) in [5.41, 5.74) is 1.59. The SMILES string of the molecule is CC(=O)CC(=O)Nc1cccc(C(=O)Nc2ccccc2)c1. The molecule has 0 fully saturated rings. The number of ketones is 1. The van der Waals surface area contributed by atoms with Gasteiger partial charge in [0.1, 0.15) is 5.78 Å². The zero-order chi connectivity index (χ0) is 15.9. The Morgan fingerprint density at radius 2 is 1.55 bits per heavy atom. The molecule has 0 saturated carbocycles. The first kappa shape index (κ1) is 15.4. The predicted molar refractivity (Wildman–Crippen MR) is 84.8 cm³/mol. The number of para-hydroxylation sites is 1. The van der Waals surface area contributed by atoms with E-state index in [4.69, 9.17) is 0 Å². The summed E-state index contributed by atoms with van der Waals surface area (Å²) in [6.45, 7) is 1.35. The summed E-state index contributed by atoms with van der Waals surface area (Å²) in [5.74, 6) is -0.877. The fraction of sp³-hybridized carbons (Fsp3) is 0.118. The summed E-state index contributed by atoms with van der Waals surface area (Å²) in [4.78, 5) is 34.6. The monoisotopic (exact) mass is 296 g/mol. The molecule has 5 nitrogen and oxygen atoms in total. The molecule has 2 amide bonds. The molecule has 0 spiro atoms. The molecule has 2 N–H and O–H groups in total. The Kier molecular flexibility index (Phi) is 5.03. The van der Waals surface area contributed by atoms with Crippen LogP contribution in [0.1, 0.15) is 23.7 Å². The van der Waals surface area contributed by atoms with Crippen LogP contribution in [0.3, 0.4) is 0 Å². The van der Waals surface area contributed by atoms with Crippen molar-refractivity contribution in [1.82, 2.24) is 0 Å². The second-order valence-corrected chi connectivity index (χ2v) is 4.83. The van der Waals surface area contributed by atoms with Crippen LogP contribution >= 0.6 is 0 Å². The van der Waals surface area contributed by atoms with Crippen LogP contribution in [0.4, 0.5) is 11.4 Å². The topological polar surface area (TPSA) is 75.3 Å². The van der Waals surface area contributed by atoms with Crippen molar-refractivity contribution >= 4 is 29.0 Å². The van der Waals surface area contributed by atoms with Crippen LogP contribution < -0.4 is 10.6 Å². The highest BCUT2D eigenvalue weighted by Gasteiger charge is 2.09. The lowest BCUT2D eigenvalue weighted by Gasteiger charge is -2.08. The molecule has 0 bridgehead atoms. The van der Waals surface area contributed by atoms with Gasteiger partial charge in [-0.2, -0.15) is 0 Å². The van der Waals surface area contributed by atoms with Crippen LogP contribution in [0.25, 0.3) is 0 Å². The molecule has 0 atom stereocenters. The van der Waals surface area contributed by atoms with Gasteiger partial charge in [-0.3, -0.25) is 14.4 Å². The van der Waals surface area contributed by atoms with Crippen LogP contribution in [-0.4, -0.2) is 17.6 Å². The summed E-state index contributed by atoms with van der Waals surface area (Å²) >= 11 is 0. The number of hydrogen-bond acceptors (Lipinski definition) is 3. The molecule has 2 aromatic rings. The summed E-state index contributed by atoms with van der Waals surface area (Å²) in [7, 11) is 0. The number of Topliss-reactive ketones (excluding diaryl/α,β-unsaturated/α-hetero) is 1. The van der Waals surface area contributed by atoms with Gasteiger partial charge in [0.05, 0.1) is 6.42 Å². The molecule has 2 aromatic carbocycles. The van der Waals surface area contributed by atoms with Gasteiger partial charge in [-0.1, -0.05) is 24.3 Å². The van der Waals surface area contributed by atoms with Gasteiger partial charge >= 0.3 is 0 Å². The fourth-order valence-corrected chi connectivity index (χ4v) is 1.89. The number of rotatable bonds is 5. The maximum atomic E-state index is 12.2. The normalized spacial score (nSPS) is 9.86. The second kappa shape index (κ2) is 7.17. The third kappa shape index (κ3) is 4.56. The average Bonchev–Trinajstić information content (AvgIpc) is 2.47. The largest absolute Gasteiger partial charge is 0.326 e. The Morgan fingerprint density at radius 3 is 2.23 bits per heavy atom. The number of anilines is 2. The molecule has 0 heterocycles. The van der Waals surface area contributed by atoms with Crippen molar-refractivity contribution in [1.29, 1.82) is 0 Å². The van der Waals surface area contributed by atoms with Crippen LogP contribution in [-0.2, 0) is 9.59 Å². The van der Waals surface area contributed by atoms with Crippen molar-refractivity contribution in [2.75, 3.05) is 10.6 Å². The van der Waals surface area contributed by atoms with E-state index < -0.39 is 5.91 Å². The number of nitrogens with one attached hydrogen (secondary N) is 2. The predicted octanol–water partition coefficient (Wildman–Crippen LogP) is 2.86. The maximum Gasteiger partial charge on any atom is 0.255 e. The second-order valence-electron chi connectivity index (χ2n) is 4.83. The number of benzene rings is 2. The minimum atomic E-state index is -0.395. The number of hydrogen-bond donors (Lipinski definition) is 2. The van der Waals surface area contributed by atoms with Gasteiger partial charge in [0, 0.05) is 16.9 Å². The Balaban J connectivity index is 2.06. The summed E-state index contributed by atoms with van der Waals surface area (Å²) in [6, 6.07) is 15.6. The van der Waals surface area contributed by atoms with Crippen molar-refractivity contribution in [2.45, 2.75) is 13.3 Å². The lowest BCUT2D eigenvalue weighted by molar-refractivity contribution is -0.124. The molecule has 112 valence electrons. The van der Waals surface area contributed by atoms with Gasteiger partial charge in [-0.05, 0) is 37.3 Å². The Labute approximate surface area is 128 Å².